The molecule has 0 saturated carbocycles. The molecule has 0 fully saturated rings. The van der Waals surface area contributed by atoms with E-state index < -0.39 is 30.7 Å². The third kappa shape index (κ3) is 7.58. The number of benzene rings is 2. The van der Waals surface area contributed by atoms with Crippen molar-refractivity contribution < 1.29 is 31.9 Å². The second-order valence-electron chi connectivity index (χ2n) is 9.53. The minimum atomic E-state index is -3.01. The topological polar surface area (TPSA) is 142 Å². The Morgan fingerprint density at radius 1 is 1.00 bits per heavy atom. The van der Waals surface area contributed by atoms with Crippen molar-refractivity contribution in [3.8, 4) is 11.6 Å². The van der Waals surface area contributed by atoms with Crippen LogP contribution in [0.2, 0.25) is 10.0 Å². The second-order valence-corrected chi connectivity index (χ2v) is 10.4. The normalized spacial score (nSPS) is 11.2. The fraction of sp³-hybridized carbons (Fsp3) is 0.179. The molecule has 0 spiro atoms. The first-order valence-electron chi connectivity index (χ1n) is 13.2. The van der Waals surface area contributed by atoms with Crippen molar-refractivity contribution in [1.29, 1.82) is 0 Å². The van der Waals surface area contributed by atoms with Gasteiger partial charge >= 0.3 is 13.0 Å². The maximum absolute atomic E-state index is 13.8. The number of hydrogen-bond donors (Lipinski definition) is 2. The van der Waals surface area contributed by atoms with E-state index >= 15 is 0 Å². The van der Waals surface area contributed by atoms with Crippen LogP contribution in [0.5, 0.6) is 5.75 Å². The standard InChI is InChI=1S/C28H21Cl2F4N9O3/c1-14-8-16(29)10-19(26(44)36-12-15-4-2-5-18(9-15)46-28(33)34)22(14)37-27(45)21-11-17(13-42-40-24(23(31)32)38-41-42)39-43(21)25-20(30)6-3-7-35-25/h2-11,23,28H,12-13H2,1H3,(H,36,44)(H,37,45). The number of rotatable bonds is 11. The molecule has 238 valence electrons. The predicted molar refractivity (Wildman–Crippen MR) is 157 cm³/mol. The van der Waals surface area contributed by atoms with Crippen molar-refractivity contribution in [1.82, 2.24) is 40.3 Å². The van der Waals surface area contributed by atoms with Crippen molar-refractivity contribution in [3.05, 3.63) is 105 Å². The number of halogens is 6. The van der Waals surface area contributed by atoms with Gasteiger partial charge in [0.25, 0.3) is 11.8 Å². The zero-order valence-electron chi connectivity index (χ0n) is 23.5. The van der Waals surface area contributed by atoms with E-state index in [2.05, 4.69) is 40.9 Å². The van der Waals surface area contributed by atoms with E-state index in [0.717, 1.165) is 9.48 Å². The molecule has 0 unspecified atom stereocenters. The molecule has 3 heterocycles. The Balaban J connectivity index is 1.43. The van der Waals surface area contributed by atoms with Crippen LogP contribution in [0, 0.1) is 6.92 Å². The molecular formula is C28H21Cl2F4N9O3. The number of aryl methyl sites for hydroxylation is 1. The Morgan fingerprint density at radius 3 is 2.52 bits per heavy atom. The molecule has 0 aliphatic rings. The number of nitrogens with one attached hydrogen (secondary N) is 2. The van der Waals surface area contributed by atoms with E-state index in [1.54, 1.807) is 19.1 Å². The summed E-state index contributed by atoms with van der Waals surface area (Å²) < 4.78 is 56.7. The molecule has 5 rings (SSSR count). The molecule has 2 N–H and O–H groups in total. The number of hydrogen-bond acceptors (Lipinski definition) is 8. The first-order chi connectivity index (χ1) is 22.0. The van der Waals surface area contributed by atoms with Crippen LogP contribution in [-0.4, -0.2) is 53.4 Å². The summed E-state index contributed by atoms with van der Waals surface area (Å²) in [6, 6.07) is 13.1. The Hall–Kier alpha value is -5.09. The molecule has 2 amide bonds. The Morgan fingerprint density at radius 2 is 1.80 bits per heavy atom. The number of alkyl halides is 4. The third-order valence-corrected chi connectivity index (χ3v) is 6.77. The molecule has 0 atom stereocenters. The molecule has 0 saturated heterocycles. The number of carbonyl (C=O) groups is 2. The van der Waals surface area contributed by atoms with Crippen LogP contribution in [0.4, 0.5) is 23.2 Å². The maximum Gasteiger partial charge on any atom is 0.387 e. The number of aromatic nitrogens is 7. The fourth-order valence-electron chi connectivity index (χ4n) is 4.29. The van der Waals surface area contributed by atoms with Crippen LogP contribution in [-0.2, 0) is 13.1 Å². The molecular weight excluding hydrogens is 657 g/mol. The molecule has 3 aromatic heterocycles. The fourth-order valence-corrected chi connectivity index (χ4v) is 4.77. The Kier molecular flexibility index (Phi) is 9.77. The molecule has 0 aliphatic carbocycles. The van der Waals surface area contributed by atoms with Gasteiger partial charge in [-0.2, -0.15) is 18.7 Å². The van der Waals surface area contributed by atoms with E-state index in [4.69, 9.17) is 23.2 Å². The van der Waals surface area contributed by atoms with Gasteiger partial charge in [0.1, 0.15) is 18.0 Å². The van der Waals surface area contributed by atoms with Crippen molar-refractivity contribution >= 4 is 40.7 Å². The van der Waals surface area contributed by atoms with Gasteiger partial charge < -0.3 is 15.4 Å². The van der Waals surface area contributed by atoms with Crippen molar-refractivity contribution in [2.24, 2.45) is 0 Å². The number of ether oxygens (including phenoxy) is 1. The summed E-state index contributed by atoms with van der Waals surface area (Å²) in [5.74, 6) is -2.13. The minimum Gasteiger partial charge on any atom is -0.435 e. The van der Waals surface area contributed by atoms with Crippen LogP contribution < -0.4 is 15.4 Å². The lowest BCUT2D eigenvalue weighted by Crippen LogP contribution is -2.26. The van der Waals surface area contributed by atoms with Gasteiger partial charge in [0.2, 0.25) is 5.82 Å². The molecule has 0 bridgehead atoms. The smallest absolute Gasteiger partial charge is 0.387 e. The predicted octanol–water partition coefficient (Wildman–Crippen LogP) is 5.64. The van der Waals surface area contributed by atoms with Gasteiger partial charge in [-0.15, -0.1) is 10.2 Å². The van der Waals surface area contributed by atoms with Crippen LogP contribution in [0.15, 0.2) is 60.8 Å². The van der Waals surface area contributed by atoms with Crippen LogP contribution in [0.25, 0.3) is 5.82 Å². The number of amides is 2. The number of carbonyl (C=O) groups excluding carboxylic acids is 2. The highest BCUT2D eigenvalue weighted by molar-refractivity contribution is 6.32. The average molecular weight is 678 g/mol. The van der Waals surface area contributed by atoms with Crippen LogP contribution in [0.3, 0.4) is 0 Å². The van der Waals surface area contributed by atoms with Gasteiger partial charge in [-0.05, 0) is 65.7 Å². The van der Waals surface area contributed by atoms with E-state index in [1.165, 1.54) is 48.7 Å². The van der Waals surface area contributed by atoms with Gasteiger partial charge in [0, 0.05) is 17.8 Å². The lowest BCUT2D eigenvalue weighted by molar-refractivity contribution is -0.0499. The average Bonchev–Trinajstić information content (AvgIpc) is 3.65. The van der Waals surface area contributed by atoms with E-state index in [1.807, 2.05) is 0 Å². The molecule has 46 heavy (non-hydrogen) atoms. The zero-order valence-corrected chi connectivity index (χ0v) is 25.0. The van der Waals surface area contributed by atoms with Gasteiger partial charge in [-0.1, -0.05) is 35.3 Å². The summed E-state index contributed by atoms with van der Waals surface area (Å²) in [7, 11) is 0. The van der Waals surface area contributed by atoms with Crippen molar-refractivity contribution in [2.75, 3.05) is 5.32 Å². The summed E-state index contributed by atoms with van der Waals surface area (Å²) in [4.78, 5) is 32.2. The Bertz CT molecular complexity index is 1900. The summed E-state index contributed by atoms with van der Waals surface area (Å²) in [5.41, 5.74) is 1.12. The molecule has 0 radical (unpaired) electrons. The molecule has 12 nitrogen and oxygen atoms in total. The largest absolute Gasteiger partial charge is 0.435 e. The summed E-state index contributed by atoms with van der Waals surface area (Å²) in [5, 5.41) is 20.6. The molecule has 2 aromatic carbocycles. The number of anilines is 1. The van der Waals surface area contributed by atoms with E-state index in [0.29, 0.717) is 11.1 Å². The van der Waals surface area contributed by atoms with Gasteiger partial charge in [-0.3, -0.25) is 9.59 Å². The highest BCUT2D eigenvalue weighted by atomic mass is 35.5. The highest BCUT2D eigenvalue weighted by Crippen LogP contribution is 2.28. The van der Waals surface area contributed by atoms with Crippen LogP contribution >= 0.6 is 23.2 Å². The molecule has 5 aromatic rings. The SMILES string of the molecule is Cc1cc(Cl)cc(C(=O)NCc2cccc(OC(F)F)c2)c1NC(=O)c1cc(Cn2nnc(C(F)F)n2)nn1-c1ncccc1Cl. The van der Waals surface area contributed by atoms with E-state index in [9.17, 15) is 27.2 Å². The quantitative estimate of drug-likeness (QED) is 0.171. The van der Waals surface area contributed by atoms with Crippen LogP contribution in [0.1, 0.15) is 49.9 Å². The summed E-state index contributed by atoms with van der Waals surface area (Å²) in [6.45, 7) is -1.67. The monoisotopic (exact) mass is 677 g/mol. The second kappa shape index (κ2) is 13.9. The molecule has 18 heteroatoms. The lowest BCUT2D eigenvalue weighted by Gasteiger charge is -2.16. The van der Waals surface area contributed by atoms with Crippen molar-refractivity contribution in [3.63, 3.8) is 0 Å². The van der Waals surface area contributed by atoms with Gasteiger partial charge in [0.05, 0.1) is 22.0 Å². The first kappa shape index (κ1) is 32.3. The first-order valence-corrected chi connectivity index (χ1v) is 13.9. The number of tetrazole rings is 1. The summed E-state index contributed by atoms with van der Waals surface area (Å²) >= 11 is 12.6. The third-order valence-electron chi connectivity index (χ3n) is 6.26. The number of pyridine rings is 1. The van der Waals surface area contributed by atoms with E-state index in [-0.39, 0.29) is 57.3 Å². The highest BCUT2D eigenvalue weighted by Gasteiger charge is 2.24. The Labute approximate surface area is 267 Å². The molecule has 0 aliphatic heterocycles. The zero-order chi connectivity index (χ0) is 33.0. The lowest BCUT2D eigenvalue weighted by atomic mass is 10.1. The maximum atomic E-state index is 13.8. The minimum absolute atomic E-state index is 0.00633. The van der Waals surface area contributed by atoms with Gasteiger partial charge in [0.15, 0.2) is 5.82 Å². The van der Waals surface area contributed by atoms with Gasteiger partial charge in [-0.25, -0.2) is 18.4 Å². The summed E-state index contributed by atoms with van der Waals surface area (Å²) in [6.07, 6.45) is -1.50. The number of nitrogens with zero attached hydrogens (tertiary/aromatic N) is 7. The van der Waals surface area contributed by atoms with Crippen molar-refractivity contribution in [2.45, 2.75) is 33.1 Å².